The second-order valence-corrected chi connectivity index (χ2v) is 12.6. The summed E-state index contributed by atoms with van der Waals surface area (Å²) in [6.45, 7) is 8.09. The van der Waals surface area contributed by atoms with E-state index in [2.05, 4.69) is 5.32 Å². The van der Waals surface area contributed by atoms with Crippen LogP contribution in [-0.4, -0.2) is 55.8 Å². The van der Waals surface area contributed by atoms with Gasteiger partial charge in [0.05, 0.1) is 21.5 Å². The second kappa shape index (κ2) is 11.4. The first kappa shape index (κ1) is 28.9. The number of fused-ring (bicyclic) bond motifs is 1. The number of hydrogen-bond donors (Lipinski definition) is 1. The minimum Gasteiger partial charge on any atom is -0.454 e. The third-order valence-corrected chi connectivity index (χ3v) is 8.11. The van der Waals surface area contributed by atoms with Crippen LogP contribution in [0.4, 0.5) is 5.69 Å². The molecule has 2 aromatic rings. The molecular weight excluding hydrogens is 541 g/mol. The van der Waals surface area contributed by atoms with Crippen molar-refractivity contribution in [3.05, 3.63) is 52.0 Å². The molecule has 1 aliphatic heterocycles. The molecule has 0 fully saturated rings. The van der Waals surface area contributed by atoms with Crippen molar-refractivity contribution < 1.29 is 27.5 Å². The van der Waals surface area contributed by atoms with Crippen molar-refractivity contribution >= 4 is 50.7 Å². The minimum absolute atomic E-state index is 0.00953. The fraction of sp³-hybridized carbons (Fsp3) is 0.440. The Bertz CT molecular complexity index is 1280. The van der Waals surface area contributed by atoms with Gasteiger partial charge in [-0.1, -0.05) is 29.3 Å². The third-order valence-electron chi connectivity index (χ3n) is 5.63. The van der Waals surface area contributed by atoms with E-state index in [-0.39, 0.29) is 30.7 Å². The van der Waals surface area contributed by atoms with Crippen molar-refractivity contribution in [2.24, 2.45) is 0 Å². The lowest BCUT2D eigenvalue weighted by Crippen LogP contribution is -2.54. The van der Waals surface area contributed by atoms with Crippen molar-refractivity contribution in [3.63, 3.8) is 0 Å². The van der Waals surface area contributed by atoms with E-state index in [1.807, 2.05) is 20.8 Å². The lowest BCUT2D eigenvalue weighted by Gasteiger charge is -2.33. The standard InChI is InChI=1S/C25H31Cl2N3O6S/c1-6-37(33,34)30(18-8-10-21-22(12-18)36-15-35-21)14-23(31)29(16(2)24(32)28-25(3,4)5)13-17-7-9-19(26)20(27)11-17/h7-12,16H,6,13-15H2,1-5H3,(H,28,32)/t16-/m1/s1. The molecule has 1 N–H and O–H groups in total. The third kappa shape index (κ3) is 7.21. The molecule has 2 aromatic carbocycles. The molecule has 0 bridgehead atoms. The normalized spacial score (nSPS) is 13.7. The molecule has 0 radical (unpaired) electrons. The lowest BCUT2D eigenvalue weighted by atomic mass is 10.1. The summed E-state index contributed by atoms with van der Waals surface area (Å²) in [5.74, 6) is -0.322. The summed E-state index contributed by atoms with van der Waals surface area (Å²) in [7, 11) is -3.87. The Labute approximate surface area is 227 Å². The number of carbonyl (C=O) groups is 2. The molecule has 9 nitrogen and oxygen atoms in total. The average Bonchev–Trinajstić information content (AvgIpc) is 3.29. The van der Waals surface area contributed by atoms with Crippen molar-refractivity contribution in [2.45, 2.75) is 52.7 Å². The summed E-state index contributed by atoms with van der Waals surface area (Å²) in [4.78, 5) is 28.1. The number of nitrogens with zero attached hydrogens (tertiary/aromatic N) is 2. The fourth-order valence-electron chi connectivity index (χ4n) is 3.65. The zero-order valence-corrected chi connectivity index (χ0v) is 23.7. The van der Waals surface area contributed by atoms with Gasteiger partial charge < -0.3 is 19.7 Å². The SMILES string of the molecule is CCS(=O)(=O)N(CC(=O)N(Cc1ccc(Cl)c(Cl)c1)[C@H](C)C(=O)NC(C)(C)C)c1ccc2c(c1)OCO2. The Morgan fingerprint density at radius 3 is 2.35 bits per heavy atom. The highest BCUT2D eigenvalue weighted by molar-refractivity contribution is 7.92. The first-order valence-electron chi connectivity index (χ1n) is 11.7. The Kier molecular flexibility index (Phi) is 8.87. The molecule has 1 atom stereocenters. The van der Waals surface area contributed by atoms with E-state index < -0.39 is 34.1 Å². The summed E-state index contributed by atoms with van der Waals surface area (Å²) in [6.07, 6.45) is 0. The zero-order chi connectivity index (χ0) is 27.5. The lowest BCUT2D eigenvalue weighted by molar-refractivity contribution is -0.140. The molecule has 0 unspecified atom stereocenters. The van der Waals surface area contributed by atoms with Gasteiger partial charge >= 0.3 is 0 Å². The van der Waals surface area contributed by atoms with Gasteiger partial charge in [0.2, 0.25) is 28.6 Å². The summed E-state index contributed by atoms with van der Waals surface area (Å²) in [5.41, 5.74) is 0.347. The zero-order valence-electron chi connectivity index (χ0n) is 21.4. The second-order valence-electron chi connectivity index (χ2n) is 9.63. The monoisotopic (exact) mass is 571 g/mol. The molecule has 3 rings (SSSR count). The minimum atomic E-state index is -3.87. The van der Waals surface area contributed by atoms with Crippen LogP contribution < -0.4 is 19.1 Å². The number of halogens is 2. The topological polar surface area (TPSA) is 105 Å². The number of carbonyl (C=O) groups excluding carboxylic acids is 2. The molecule has 37 heavy (non-hydrogen) atoms. The Morgan fingerprint density at radius 1 is 1.05 bits per heavy atom. The highest BCUT2D eigenvalue weighted by Gasteiger charge is 2.32. The molecular formula is C25H31Cl2N3O6S. The van der Waals surface area contributed by atoms with E-state index in [4.69, 9.17) is 32.7 Å². The van der Waals surface area contributed by atoms with Crippen molar-refractivity contribution in [3.8, 4) is 11.5 Å². The molecule has 2 amide bonds. The molecule has 1 aliphatic rings. The number of rotatable bonds is 9. The van der Waals surface area contributed by atoms with Gasteiger partial charge in [0.15, 0.2) is 11.5 Å². The molecule has 0 aromatic heterocycles. The molecule has 12 heteroatoms. The first-order chi connectivity index (χ1) is 17.2. The van der Waals surface area contributed by atoms with Crippen molar-refractivity contribution in [1.29, 1.82) is 0 Å². The predicted molar refractivity (Wildman–Crippen MR) is 144 cm³/mol. The Hall–Kier alpha value is -2.69. The van der Waals surface area contributed by atoms with Gasteiger partial charge in [0.25, 0.3) is 0 Å². The number of sulfonamides is 1. The maximum atomic E-state index is 13.7. The van der Waals surface area contributed by atoms with Crippen molar-refractivity contribution in [2.75, 3.05) is 23.4 Å². The van der Waals surface area contributed by atoms with Gasteiger partial charge in [-0.15, -0.1) is 0 Å². The van der Waals surface area contributed by atoms with E-state index in [1.54, 1.807) is 37.3 Å². The van der Waals surface area contributed by atoms with Crippen LogP contribution in [0.15, 0.2) is 36.4 Å². The Morgan fingerprint density at radius 2 is 1.73 bits per heavy atom. The largest absolute Gasteiger partial charge is 0.454 e. The van der Waals surface area contributed by atoms with Crippen LogP contribution in [0.1, 0.15) is 40.2 Å². The number of nitrogens with one attached hydrogen (secondary N) is 1. The van der Waals surface area contributed by atoms with E-state index in [0.717, 1.165) is 4.31 Å². The smallest absolute Gasteiger partial charge is 0.244 e. The average molecular weight is 573 g/mol. The summed E-state index contributed by atoms with van der Waals surface area (Å²) in [6, 6.07) is 8.65. The molecule has 1 heterocycles. The summed E-state index contributed by atoms with van der Waals surface area (Å²) < 4.78 is 37.8. The van der Waals surface area contributed by atoms with Crippen LogP contribution in [0.3, 0.4) is 0 Å². The van der Waals surface area contributed by atoms with Crippen LogP contribution in [-0.2, 0) is 26.2 Å². The van der Waals surface area contributed by atoms with Crippen LogP contribution in [0, 0.1) is 0 Å². The summed E-state index contributed by atoms with van der Waals surface area (Å²) in [5, 5.41) is 3.52. The fourth-order valence-corrected chi connectivity index (χ4v) is 5.03. The van der Waals surface area contributed by atoms with E-state index >= 15 is 0 Å². The van der Waals surface area contributed by atoms with E-state index in [0.29, 0.717) is 27.1 Å². The van der Waals surface area contributed by atoms with Gasteiger partial charge in [-0.25, -0.2) is 8.42 Å². The maximum Gasteiger partial charge on any atom is 0.244 e. The highest BCUT2D eigenvalue weighted by Crippen LogP contribution is 2.36. The van der Waals surface area contributed by atoms with E-state index in [9.17, 15) is 18.0 Å². The van der Waals surface area contributed by atoms with Crippen LogP contribution >= 0.6 is 23.2 Å². The molecule has 202 valence electrons. The number of benzene rings is 2. The number of hydrogen-bond acceptors (Lipinski definition) is 6. The molecule has 0 saturated heterocycles. The quantitative estimate of drug-likeness (QED) is 0.483. The van der Waals surface area contributed by atoms with Crippen LogP contribution in [0.25, 0.3) is 0 Å². The predicted octanol–water partition coefficient (Wildman–Crippen LogP) is 4.21. The molecule has 0 aliphatic carbocycles. The number of ether oxygens (including phenoxy) is 2. The van der Waals surface area contributed by atoms with Crippen LogP contribution in [0.5, 0.6) is 11.5 Å². The Balaban J connectivity index is 1.96. The van der Waals surface area contributed by atoms with Gasteiger partial charge in [0.1, 0.15) is 12.6 Å². The molecule has 0 saturated carbocycles. The van der Waals surface area contributed by atoms with Crippen LogP contribution in [0.2, 0.25) is 10.0 Å². The number of anilines is 1. The maximum absolute atomic E-state index is 13.7. The van der Waals surface area contributed by atoms with Gasteiger partial charge in [-0.2, -0.15) is 0 Å². The van der Waals surface area contributed by atoms with Gasteiger partial charge in [-0.05, 0) is 64.4 Å². The number of amides is 2. The first-order valence-corrected chi connectivity index (χ1v) is 14.0. The van der Waals surface area contributed by atoms with Crippen molar-refractivity contribution in [1.82, 2.24) is 10.2 Å². The summed E-state index contributed by atoms with van der Waals surface area (Å²) >= 11 is 12.2. The van der Waals surface area contributed by atoms with Gasteiger partial charge in [-0.3, -0.25) is 13.9 Å². The van der Waals surface area contributed by atoms with Gasteiger partial charge in [0, 0.05) is 18.2 Å². The molecule has 0 spiro atoms. The highest BCUT2D eigenvalue weighted by atomic mass is 35.5. The van der Waals surface area contributed by atoms with E-state index in [1.165, 1.54) is 17.9 Å².